The molecule has 8 heavy (non-hydrogen) atoms. The van der Waals surface area contributed by atoms with E-state index >= 15 is 0 Å². The molecule has 3 N–H and O–H groups in total. The lowest BCUT2D eigenvalue weighted by Crippen LogP contribution is -2.33. The highest BCUT2D eigenvalue weighted by molar-refractivity contribution is 9.09. The van der Waals surface area contributed by atoms with Crippen molar-refractivity contribution in [3.63, 3.8) is 0 Å². The van der Waals surface area contributed by atoms with Gasteiger partial charge in [0.15, 0.2) is 0 Å². The van der Waals surface area contributed by atoms with Crippen molar-refractivity contribution in [1.82, 2.24) is 0 Å². The highest BCUT2D eigenvalue weighted by Crippen LogP contribution is 2.02. The number of nitrogens with two attached hydrogens (primary N) is 1. The van der Waals surface area contributed by atoms with Gasteiger partial charge in [0.2, 0.25) is 5.91 Å². The summed E-state index contributed by atoms with van der Waals surface area (Å²) in [4.78, 5) is 9.82. The van der Waals surface area contributed by atoms with Gasteiger partial charge < -0.3 is 10.8 Å². The molecule has 4 heteroatoms. The number of alkyl halides is 1. The average Bonchev–Trinajstić information content (AvgIpc) is 1.64. The van der Waals surface area contributed by atoms with Gasteiger partial charge >= 0.3 is 0 Å². The first-order valence-electron chi connectivity index (χ1n) is 2.17. The second kappa shape index (κ2) is 3.04. The van der Waals surface area contributed by atoms with Crippen LogP contribution in [-0.4, -0.2) is 21.9 Å². The molecule has 0 saturated heterocycles. The van der Waals surface area contributed by atoms with Crippen molar-refractivity contribution in [2.24, 2.45) is 5.73 Å². The van der Waals surface area contributed by atoms with Crippen LogP contribution in [0.15, 0.2) is 0 Å². The van der Waals surface area contributed by atoms with Crippen molar-refractivity contribution < 1.29 is 9.90 Å². The number of carbonyl (C=O) groups is 1. The Hall–Kier alpha value is -0.0900. The molecule has 0 radical (unpaired) electrons. The molecule has 0 aliphatic heterocycles. The Balaban J connectivity index is 3.64. The van der Waals surface area contributed by atoms with Crippen LogP contribution in [0, 0.1) is 0 Å². The molecular formula is C4H8BrNO2. The van der Waals surface area contributed by atoms with E-state index in [0.717, 1.165) is 0 Å². The monoisotopic (exact) mass is 181 g/mol. The first-order valence-corrected chi connectivity index (χ1v) is 3.08. The summed E-state index contributed by atoms with van der Waals surface area (Å²) < 4.78 is 0. The summed E-state index contributed by atoms with van der Waals surface area (Å²) in [6, 6.07) is 0. The third-order valence-corrected chi connectivity index (χ3v) is 1.23. The number of carbonyl (C=O) groups excluding carboxylic acids is 1. The van der Waals surface area contributed by atoms with Crippen LogP contribution in [0.4, 0.5) is 0 Å². The Labute approximate surface area is 56.0 Å². The lowest BCUT2D eigenvalue weighted by Gasteiger charge is -2.06. The van der Waals surface area contributed by atoms with Crippen molar-refractivity contribution in [1.29, 1.82) is 0 Å². The summed E-state index contributed by atoms with van der Waals surface area (Å²) in [7, 11) is 0. The third-order valence-electron chi connectivity index (χ3n) is 0.727. The van der Waals surface area contributed by atoms with E-state index < -0.39 is 12.0 Å². The normalized spacial score (nSPS) is 17.4. The second-order valence-corrected chi connectivity index (χ2v) is 2.97. The van der Waals surface area contributed by atoms with Crippen molar-refractivity contribution in [3.8, 4) is 0 Å². The maximum atomic E-state index is 10.1. The zero-order valence-corrected chi connectivity index (χ0v) is 6.05. The molecule has 3 nitrogen and oxygen atoms in total. The van der Waals surface area contributed by atoms with E-state index in [0.29, 0.717) is 0 Å². The summed E-state index contributed by atoms with van der Waals surface area (Å²) in [6.07, 6.45) is -1.07. The highest BCUT2D eigenvalue weighted by Gasteiger charge is 2.15. The van der Waals surface area contributed by atoms with Crippen LogP contribution in [0.5, 0.6) is 0 Å². The van der Waals surface area contributed by atoms with Gasteiger partial charge in [0.1, 0.15) is 6.10 Å². The molecule has 0 aromatic heterocycles. The Bertz CT molecular complexity index is 94.0. The molecule has 0 rings (SSSR count). The van der Waals surface area contributed by atoms with Crippen LogP contribution in [-0.2, 0) is 4.79 Å². The molecule has 0 unspecified atom stereocenters. The van der Waals surface area contributed by atoms with Crippen molar-refractivity contribution in [3.05, 3.63) is 0 Å². The van der Waals surface area contributed by atoms with Gasteiger partial charge in [0.25, 0.3) is 0 Å². The highest BCUT2D eigenvalue weighted by atomic mass is 79.9. The molecule has 0 aromatic carbocycles. The van der Waals surface area contributed by atoms with Gasteiger partial charge in [-0.05, 0) is 6.92 Å². The molecule has 0 bridgehead atoms. The number of rotatable bonds is 2. The number of amides is 1. The first-order chi connectivity index (χ1) is 3.55. The standard InChI is InChI=1S/C4H8BrNO2/c1-2(5)3(7)4(6)8/h2-3,7H,1H3,(H2,6,8)/t2-,3-/m0/s1. The Morgan fingerprint density at radius 1 is 1.88 bits per heavy atom. The van der Waals surface area contributed by atoms with Crippen LogP contribution >= 0.6 is 15.9 Å². The largest absolute Gasteiger partial charge is 0.382 e. The molecule has 0 aliphatic rings. The fraction of sp³-hybridized carbons (Fsp3) is 0.750. The molecule has 0 aliphatic carbocycles. The average molecular weight is 182 g/mol. The molecule has 1 amide bonds. The minimum Gasteiger partial charge on any atom is -0.382 e. The third kappa shape index (κ3) is 2.28. The van der Waals surface area contributed by atoms with Crippen molar-refractivity contribution in [2.45, 2.75) is 17.9 Å². The molecular weight excluding hydrogens is 174 g/mol. The van der Waals surface area contributed by atoms with Crippen LogP contribution in [0.1, 0.15) is 6.92 Å². The van der Waals surface area contributed by atoms with Gasteiger partial charge in [-0.2, -0.15) is 0 Å². The predicted molar refractivity (Wildman–Crippen MR) is 33.6 cm³/mol. The van der Waals surface area contributed by atoms with E-state index in [2.05, 4.69) is 15.9 Å². The molecule has 0 fully saturated rings. The van der Waals surface area contributed by atoms with E-state index in [4.69, 9.17) is 10.8 Å². The topological polar surface area (TPSA) is 63.3 Å². The zero-order valence-electron chi connectivity index (χ0n) is 4.47. The number of aliphatic hydroxyl groups is 1. The Morgan fingerprint density at radius 3 is 2.25 bits per heavy atom. The van der Waals surface area contributed by atoms with E-state index in [1.54, 1.807) is 6.92 Å². The van der Waals surface area contributed by atoms with Crippen LogP contribution in [0.25, 0.3) is 0 Å². The van der Waals surface area contributed by atoms with E-state index in [-0.39, 0.29) is 4.83 Å². The number of halogens is 1. The number of aliphatic hydroxyl groups excluding tert-OH is 1. The molecule has 0 spiro atoms. The Kier molecular flexibility index (Phi) is 3.01. The predicted octanol–water partition coefficient (Wildman–Crippen LogP) is -0.384. The second-order valence-electron chi connectivity index (χ2n) is 1.52. The van der Waals surface area contributed by atoms with Gasteiger partial charge in [-0.1, -0.05) is 15.9 Å². The fourth-order valence-electron chi connectivity index (χ4n) is 0.226. The van der Waals surface area contributed by atoms with Crippen LogP contribution in [0.2, 0.25) is 0 Å². The molecule has 48 valence electrons. The summed E-state index contributed by atoms with van der Waals surface area (Å²) in [5.74, 6) is -0.700. The molecule has 0 saturated carbocycles. The lowest BCUT2D eigenvalue weighted by molar-refractivity contribution is -0.125. The van der Waals surface area contributed by atoms with Crippen LogP contribution in [0.3, 0.4) is 0 Å². The van der Waals surface area contributed by atoms with Gasteiger partial charge in [-0.25, -0.2) is 0 Å². The number of hydrogen-bond acceptors (Lipinski definition) is 2. The van der Waals surface area contributed by atoms with E-state index in [1.165, 1.54) is 0 Å². The van der Waals surface area contributed by atoms with Gasteiger partial charge in [-0.15, -0.1) is 0 Å². The zero-order chi connectivity index (χ0) is 6.73. The fourth-order valence-corrected chi connectivity index (χ4v) is 0.487. The summed E-state index contributed by atoms with van der Waals surface area (Å²) >= 11 is 2.99. The smallest absolute Gasteiger partial charge is 0.247 e. The molecule has 0 heterocycles. The maximum Gasteiger partial charge on any atom is 0.247 e. The summed E-state index contributed by atoms with van der Waals surface area (Å²) in [5.41, 5.74) is 4.72. The first kappa shape index (κ1) is 7.91. The number of primary amides is 1. The van der Waals surface area contributed by atoms with Gasteiger partial charge in [0.05, 0.1) is 0 Å². The Morgan fingerprint density at radius 2 is 2.25 bits per heavy atom. The van der Waals surface area contributed by atoms with Gasteiger partial charge in [0, 0.05) is 4.83 Å². The minimum atomic E-state index is -1.07. The molecule has 0 aromatic rings. The SMILES string of the molecule is C[C@H](Br)[C@H](O)C(N)=O. The van der Waals surface area contributed by atoms with Gasteiger partial charge in [-0.3, -0.25) is 4.79 Å². The molecule has 2 atom stereocenters. The van der Waals surface area contributed by atoms with E-state index in [9.17, 15) is 4.79 Å². The quantitative estimate of drug-likeness (QED) is 0.571. The van der Waals surface area contributed by atoms with Crippen molar-refractivity contribution in [2.75, 3.05) is 0 Å². The van der Waals surface area contributed by atoms with Crippen molar-refractivity contribution >= 4 is 21.8 Å². The minimum absolute atomic E-state index is 0.264. The summed E-state index contributed by atoms with van der Waals surface area (Å²) in [5, 5.41) is 8.68. The van der Waals surface area contributed by atoms with Crippen LogP contribution < -0.4 is 5.73 Å². The lowest BCUT2D eigenvalue weighted by atomic mass is 10.3. The maximum absolute atomic E-state index is 10.1. The summed E-state index contributed by atoms with van der Waals surface area (Å²) in [6.45, 7) is 1.65. The van der Waals surface area contributed by atoms with E-state index in [1.807, 2.05) is 0 Å². The number of hydrogen-bond donors (Lipinski definition) is 2.